The van der Waals surface area contributed by atoms with Crippen molar-refractivity contribution in [3.05, 3.63) is 60.2 Å². The zero-order chi connectivity index (χ0) is 14.9. The number of benzene rings is 2. The maximum Gasteiger partial charge on any atom is 0.224 e. The van der Waals surface area contributed by atoms with Crippen molar-refractivity contribution in [3.8, 4) is 5.75 Å². The molecule has 2 aromatic carbocycles. The number of anilines is 1. The van der Waals surface area contributed by atoms with Crippen LogP contribution in [0.1, 0.15) is 25.3 Å². The summed E-state index contributed by atoms with van der Waals surface area (Å²) in [6.45, 7) is 2.56. The topological polar surface area (TPSA) is 38.3 Å². The van der Waals surface area contributed by atoms with E-state index in [2.05, 4.69) is 17.4 Å². The molecular weight excluding hydrogens is 262 g/mol. The lowest BCUT2D eigenvalue weighted by Crippen LogP contribution is -2.11. The highest BCUT2D eigenvalue weighted by Gasteiger charge is 2.03. The molecule has 0 saturated heterocycles. The summed E-state index contributed by atoms with van der Waals surface area (Å²) in [6.07, 6.45) is 2.29. The van der Waals surface area contributed by atoms with Crippen molar-refractivity contribution in [3.63, 3.8) is 0 Å². The van der Waals surface area contributed by atoms with Gasteiger partial charge in [-0.15, -0.1) is 0 Å². The van der Waals surface area contributed by atoms with E-state index in [1.165, 1.54) is 5.56 Å². The molecule has 1 amide bonds. The van der Waals surface area contributed by atoms with E-state index in [9.17, 15) is 4.79 Å². The normalized spacial score (nSPS) is 10.1. The first-order valence-corrected chi connectivity index (χ1v) is 7.34. The van der Waals surface area contributed by atoms with E-state index in [0.29, 0.717) is 13.0 Å². The highest BCUT2D eigenvalue weighted by molar-refractivity contribution is 5.90. The van der Waals surface area contributed by atoms with Gasteiger partial charge in [0.2, 0.25) is 5.91 Å². The van der Waals surface area contributed by atoms with Crippen LogP contribution in [0.15, 0.2) is 54.6 Å². The van der Waals surface area contributed by atoms with Gasteiger partial charge in [0.05, 0.1) is 6.61 Å². The summed E-state index contributed by atoms with van der Waals surface area (Å²) in [5.74, 6) is 0.819. The summed E-state index contributed by atoms with van der Waals surface area (Å²) in [7, 11) is 0. The van der Waals surface area contributed by atoms with Crippen LogP contribution in [0.2, 0.25) is 0 Å². The zero-order valence-electron chi connectivity index (χ0n) is 12.3. The third-order valence-electron chi connectivity index (χ3n) is 3.14. The fraction of sp³-hybridized carbons (Fsp3) is 0.278. The number of hydrogen-bond acceptors (Lipinski definition) is 2. The summed E-state index contributed by atoms with van der Waals surface area (Å²) < 4.78 is 5.42. The third kappa shape index (κ3) is 5.30. The first-order valence-electron chi connectivity index (χ1n) is 7.34. The SMILES string of the molecule is CCOc1cccc(NC(=O)CCCc2ccccc2)c1. The molecule has 0 aliphatic heterocycles. The van der Waals surface area contributed by atoms with Gasteiger partial charge in [-0.2, -0.15) is 0 Å². The molecule has 0 spiro atoms. The average molecular weight is 283 g/mol. The lowest BCUT2D eigenvalue weighted by Gasteiger charge is -2.08. The van der Waals surface area contributed by atoms with Gasteiger partial charge < -0.3 is 10.1 Å². The molecule has 0 unspecified atom stereocenters. The average Bonchev–Trinajstić information content (AvgIpc) is 2.49. The minimum atomic E-state index is 0.0413. The molecule has 0 fully saturated rings. The van der Waals surface area contributed by atoms with Gasteiger partial charge in [0.25, 0.3) is 0 Å². The van der Waals surface area contributed by atoms with Crippen molar-refractivity contribution in [2.75, 3.05) is 11.9 Å². The Hall–Kier alpha value is -2.29. The van der Waals surface area contributed by atoms with Crippen LogP contribution in [0.4, 0.5) is 5.69 Å². The van der Waals surface area contributed by atoms with Crippen molar-refractivity contribution in [2.24, 2.45) is 0 Å². The molecule has 2 rings (SSSR count). The predicted molar refractivity (Wildman–Crippen MR) is 85.6 cm³/mol. The molecule has 0 radical (unpaired) electrons. The Morgan fingerprint density at radius 2 is 1.90 bits per heavy atom. The second-order valence-electron chi connectivity index (χ2n) is 4.85. The van der Waals surface area contributed by atoms with E-state index in [-0.39, 0.29) is 5.91 Å². The fourth-order valence-electron chi connectivity index (χ4n) is 2.15. The number of hydrogen-bond donors (Lipinski definition) is 1. The van der Waals surface area contributed by atoms with Crippen LogP contribution >= 0.6 is 0 Å². The first kappa shape index (κ1) is 15.1. The number of aryl methyl sites for hydroxylation is 1. The van der Waals surface area contributed by atoms with E-state index >= 15 is 0 Å². The van der Waals surface area contributed by atoms with E-state index in [1.807, 2.05) is 49.4 Å². The van der Waals surface area contributed by atoms with Gasteiger partial charge in [-0.1, -0.05) is 36.4 Å². The molecule has 21 heavy (non-hydrogen) atoms. The van der Waals surface area contributed by atoms with E-state index in [0.717, 1.165) is 24.3 Å². The number of carbonyl (C=O) groups is 1. The third-order valence-corrected chi connectivity index (χ3v) is 3.14. The number of amides is 1. The summed E-state index contributed by atoms with van der Waals surface area (Å²) in [6, 6.07) is 17.7. The second kappa shape index (κ2) is 8.10. The predicted octanol–water partition coefficient (Wildman–Crippen LogP) is 4.05. The van der Waals surface area contributed by atoms with Crippen LogP contribution < -0.4 is 10.1 Å². The Morgan fingerprint density at radius 3 is 2.67 bits per heavy atom. The Labute approximate surface area is 126 Å². The van der Waals surface area contributed by atoms with Crippen molar-refractivity contribution in [2.45, 2.75) is 26.2 Å². The molecule has 3 heteroatoms. The molecule has 0 aromatic heterocycles. The molecule has 0 atom stereocenters. The Balaban J connectivity index is 1.78. The van der Waals surface area contributed by atoms with E-state index < -0.39 is 0 Å². The largest absolute Gasteiger partial charge is 0.494 e. The molecule has 3 nitrogen and oxygen atoms in total. The molecule has 1 N–H and O–H groups in total. The molecule has 110 valence electrons. The number of nitrogens with one attached hydrogen (secondary N) is 1. The van der Waals surface area contributed by atoms with Gasteiger partial charge >= 0.3 is 0 Å². The number of rotatable bonds is 7. The molecule has 0 bridgehead atoms. The fourth-order valence-corrected chi connectivity index (χ4v) is 2.15. The summed E-state index contributed by atoms with van der Waals surface area (Å²) in [4.78, 5) is 11.9. The van der Waals surface area contributed by atoms with Gasteiger partial charge in [-0.25, -0.2) is 0 Å². The van der Waals surface area contributed by atoms with Crippen LogP contribution in [0.3, 0.4) is 0 Å². The minimum Gasteiger partial charge on any atom is -0.494 e. The maximum absolute atomic E-state index is 11.9. The summed E-state index contributed by atoms with van der Waals surface area (Å²) in [5, 5.41) is 2.91. The smallest absolute Gasteiger partial charge is 0.224 e. The van der Waals surface area contributed by atoms with Crippen molar-refractivity contribution in [1.29, 1.82) is 0 Å². The molecule has 2 aromatic rings. The molecule has 0 heterocycles. The van der Waals surface area contributed by atoms with Gasteiger partial charge in [0, 0.05) is 18.2 Å². The van der Waals surface area contributed by atoms with Crippen molar-refractivity contribution < 1.29 is 9.53 Å². The van der Waals surface area contributed by atoms with Crippen LogP contribution in [0.5, 0.6) is 5.75 Å². The monoisotopic (exact) mass is 283 g/mol. The highest BCUT2D eigenvalue weighted by Crippen LogP contribution is 2.17. The first-order chi connectivity index (χ1) is 10.3. The van der Waals surface area contributed by atoms with Gasteiger partial charge in [0.15, 0.2) is 0 Å². The highest BCUT2D eigenvalue weighted by atomic mass is 16.5. The zero-order valence-corrected chi connectivity index (χ0v) is 12.3. The molecule has 0 aliphatic carbocycles. The summed E-state index contributed by atoms with van der Waals surface area (Å²) in [5.41, 5.74) is 2.05. The van der Waals surface area contributed by atoms with Crippen LogP contribution in [-0.4, -0.2) is 12.5 Å². The van der Waals surface area contributed by atoms with E-state index in [1.54, 1.807) is 0 Å². The number of ether oxygens (including phenoxy) is 1. The molecule has 0 saturated carbocycles. The van der Waals surface area contributed by atoms with Crippen LogP contribution in [0.25, 0.3) is 0 Å². The quantitative estimate of drug-likeness (QED) is 0.832. The lowest BCUT2D eigenvalue weighted by atomic mass is 10.1. The van der Waals surface area contributed by atoms with Crippen molar-refractivity contribution >= 4 is 11.6 Å². The molecular formula is C18H21NO2. The standard InChI is InChI=1S/C18H21NO2/c1-2-21-17-12-7-11-16(14-17)19-18(20)13-6-10-15-8-4-3-5-9-15/h3-5,7-9,11-12,14H,2,6,10,13H2,1H3,(H,19,20). The maximum atomic E-state index is 11.9. The van der Waals surface area contributed by atoms with Gasteiger partial charge in [-0.05, 0) is 37.5 Å². The second-order valence-corrected chi connectivity index (χ2v) is 4.85. The Kier molecular flexibility index (Phi) is 5.83. The Morgan fingerprint density at radius 1 is 1.10 bits per heavy atom. The Bertz CT molecular complexity index is 566. The summed E-state index contributed by atoms with van der Waals surface area (Å²) >= 11 is 0. The van der Waals surface area contributed by atoms with Crippen LogP contribution in [-0.2, 0) is 11.2 Å². The lowest BCUT2D eigenvalue weighted by molar-refractivity contribution is -0.116. The van der Waals surface area contributed by atoms with Crippen molar-refractivity contribution in [1.82, 2.24) is 0 Å². The molecule has 0 aliphatic rings. The van der Waals surface area contributed by atoms with Gasteiger partial charge in [0.1, 0.15) is 5.75 Å². The van der Waals surface area contributed by atoms with Gasteiger partial charge in [-0.3, -0.25) is 4.79 Å². The van der Waals surface area contributed by atoms with E-state index in [4.69, 9.17) is 4.74 Å². The number of carbonyl (C=O) groups excluding carboxylic acids is 1. The van der Waals surface area contributed by atoms with Crippen LogP contribution in [0, 0.1) is 0 Å². The minimum absolute atomic E-state index is 0.0413.